The molecule has 0 spiro atoms. The lowest BCUT2D eigenvalue weighted by Gasteiger charge is -2.11. The Kier molecular flexibility index (Phi) is 2.35. The van der Waals surface area contributed by atoms with Gasteiger partial charge in [-0.2, -0.15) is 0 Å². The number of anilines is 1. The molecule has 0 bridgehead atoms. The predicted octanol–water partition coefficient (Wildman–Crippen LogP) is 2.20. The minimum absolute atomic E-state index is 0.00898. The van der Waals surface area contributed by atoms with E-state index in [4.69, 9.17) is 17.3 Å². The number of hydrogen-bond donors (Lipinski definition) is 2. The molecule has 1 aliphatic rings. The van der Waals surface area contributed by atoms with Crippen LogP contribution in [0.5, 0.6) is 0 Å². The molecule has 0 heterocycles. The highest BCUT2D eigenvalue weighted by Gasteiger charge is 2.38. The van der Waals surface area contributed by atoms with E-state index >= 15 is 0 Å². The van der Waals surface area contributed by atoms with Crippen molar-refractivity contribution in [1.82, 2.24) is 5.32 Å². The quantitative estimate of drug-likeness (QED) is 0.757. The Hall–Kier alpha value is -1.22. The van der Waals surface area contributed by atoms with E-state index in [1.807, 2.05) is 6.92 Å². The fourth-order valence-corrected chi connectivity index (χ4v) is 1.51. The third-order valence-electron chi connectivity index (χ3n) is 2.68. The van der Waals surface area contributed by atoms with Crippen LogP contribution in [0.2, 0.25) is 5.02 Å². The summed E-state index contributed by atoms with van der Waals surface area (Å²) >= 11 is 5.84. The van der Waals surface area contributed by atoms with E-state index in [-0.39, 0.29) is 11.4 Å². The third kappa shape index (κ3) is 2.23. The van der Waals surface area contributed by atoms with Gasteiger partial charge in [-0.15, -0.1) is 0 Å². The van der Waals surface area contributed by atoms with Gasteiger partial charge in [0.25, 0.3) is 5.91 Å². The van der Waals surface area contributed by atoms with Crippen LogP contribution in [0.25, 0.3) is 0 Å². The van der Waals surface area contributed by atoms with Gasteiger partial charge in [-0.3, -0.25) is 4.79 Å². The Balaban J connectivity index is 2.15. The van der Waals surface area contributed by atoms with Crippen molar-refractivity contribution >= 4 is 23.2 Å². The molecule has 4 heteroatoms. The SMILES string of the molecule is CC1(NC(=O)c2ccc(N)c(Cl)c2)CC1. The lowest BCUT2D eigenvalue weighted by atomic mass is 10.2. The molecule has 1 aromatic carbocycles. The molecular weight excluding hydrogens is 212 g/mol. The van der Waals surface area contributed by atoms with Crippen LogP contribution in [-0.4, -0.2) is 11.4 Å². The fourth-order valence-electron chi connectivity index (χ4n) is 1.33. The van der Waals surface area contributed by atoms with Gasteiger partial charge in [-0.05, 0) is 38.0 Å². The number of carbonyl (C=O) groups excluding carboxylic acids is 1. The summed E-state index contributed by atoms with van der Waals surface area (Å²) in [6, 6.07) is 4.92. The van der Waals surface area contributed by atoms with Crippen molar-refractivity contribution in [2.45, 2.75) is 25.3 Å². The predicted molar refractivity (Wildman–Crippen MR) is 61.0 cm³/mol. The summed E-state index contributed by atoms with van der Waals surface area (Å²) in [4.78, 5) is 11.8. The first-order valence-electron chi connectivity index (χ1n) is 4.88. The number of carbonyl (C=O) groups is 1. The molecule has 1 fully saturated rings. The molecule has 3 nitrogen and oxygen atoms in total. The summed E-state index contributed by atoms with van der Waals surface area (Å²) in [6.45, 7) is 2.03. The van der Waals surface area contributed by atoms with Crippen LogP contribution in [0.3, 0.4) is 0 Å². The van der Waals surface area contributed by atoms with Crippen molar-refractivity contribution in [3.05, 3.63) is 28.8 Å². The number of rotatable bonds is 2. The van der Waals surface area contributed by atoms with Gasteiger partial charge in [0.05, 0.1) is 10.7 Å². The highest BCUT2D eigenvalue weighted by molar-refractivity contribution is 6.33. The van der Waals surface area contributed by atoms with Crippen LogP contribution < -0.4 is 11.1 Å². The normalized spacial score (nSPS) is 17.2. The summed E-state index contributed by atoms with van der Waals surface area (Å²) in [5.74, 6) is -0.0862. The third-order valence-corrected chi connectivity index (χ3v) is 3.01. The number of nitrogens with two attached hydrogens (primary N) is 1. The minimum Gasteiger partial charge on any atom is -0.398 e. The van der Waals surface area contributed by atoms with Gasteiger partial charge < -0.3 is 11.1 Å². The Morgan fingerprint density at radius 2 is 2.20 bits per heavy atom. The van der Waals surface area contributed by atoms with Crippen molar-refractivity contribution in [2.75, 3.05) is 5.73 Å². The van der Waals surface area contributed by atoms with E-state index in [0.717, 1.165) is 12.8 Å². The molecule has 15 heavy (non-hydrogen) atoms. The van der Waals surface area contributed by atoms with E-state index in [2.05, 4.69) is 5.32 Å². The Morgan fingerprint density at radius 3 is 2.73 bits per heavy atom. The second kappa shape index (κ2) is 3.42. The second-order valence-corrected chi connectivity index (χ2v) is 4.66. The molecule has 0 unspecified atom stereocenters. The van der Waals surface area contributed by atoms with Gasteiger partial charge in [0.15, 0.2) is 0 Å². The Labute approximate surface area is 93.6 Å². The van der Waals surface area contributed by atoms with Gasteiger partial charge in [0, 0.05) is 11.1 Å². The molecule has 0 aliphatic heterocycles. The maximum Gasteiger partial charge on any atom is 0.251 e. The average molecular weight is 225 g/mol. The van der Waals surface area contributed by atoms with Crippen LogP contribution in [0, 0.1) is 0 Å². The minimum atomic E-state index is -0.0862. The molecule has 0 radical (unpaired) electrons. The highest BCUT2D eigenvalue weighted by Crippen LogP contribution is 2.34. The van der Waals surface area contributed by atoms with E-state index in [1.165, 1.54) is 0 Å². The maximum atomic E-state index is 11.8. The smallest absolute Gasteiger partial charge is 0.251 e. The Morgan fingerprint density at radius 1 is 1.53 bits per heavy atom. The van der Waals surface area contributed by atoms with Crippen molar-refractivity contribution < 1.29 is 4.79 Å². The lowest BCUT2D eigenvalue weighted by Crippen LogP contribution is -2.34. The van der Waals surface area contributed by atoms with Crippen LogP contribution in [0.15, 0.2) is 18.2 Å². The first-order valence-corrected chi connectivity index (χ1v) is 5.25. The number of halogens is 1. The second-order valence-electron chi connectivity index (χ2n) is 4.25. The van der Waals surface area contributed by atoms with Crippen LogP contribution in [0.4, 0.5) is 5.69 Å². The number of amides is 1. The zero-order valence-electron chi connectivity index (χ0n) is 8.51. The fraction of sp³-hybridized carbons (Fsp3) is 0.364. The molecule has 0 atom stereocenters. The average Bonchev–Trinajstić information content (AvgIpc) is 2.88. The van der Waals surface area contributed by atoms with Gasteiger partial charge in [-0.25, -0.2) is 0 Å². The van der Waals surface area contributed by atoms with Gasteiger partial charge in [0.1, 0.15) is 0 Å². The molecule has 1 aromatic rings. The summed E-state index contributed by atoms with van der Waals surface area (Å²) in [7, 11) is 0. The zero-order valence-corrected chi connectivity index (χ0v) is 9.27. The van der Waals surface area contributed by atoms with Crippen LogP contribution in [0.1, 0.15) is 30.1 Å². The molecular formula is C11H13ClN2O. The monoisotopic (exact) mass is 224 g/mol. The van der Waals surface area contributed by atoms with Crippen molar-refractivity contribution in [3.63, 3.8) is 0 Å². The first kappa shape index (κ1) is 10.3. The molecule has 80 valence electrons. The molecule has 1 aliphatic carbocycles. The van der Waals surface area contributed by atoms with E-state index < -0.39 is 0 Å². The van der Waals surface area contributed by atoms with Gasteiger partial charge in [0.2, 0.25) is 0 Å². The van der Waals surface area contributed by atoms with E-state index in [9.17, 15) is 4.79 Å². The summed E-state index contributed by atoms with van der Waals surface area (Å²) in [5, 5.41) is 3.37. The van der Waals surface area contributed by atoms with Crippen molar-refractivity contribution in [3.8, 4) is 0 Å². The van der Waals surface area contributed by atoms with Crippen LogP contribution in [-0.2, 0) is 0 Å². The van der Waals surface area contributed by atoms with Crippen molar-refractivity contribution in [2.24, 2.45) is 0 Å². The summed E-state index contributed by atoms with van der Waals surface area (Å²) in [5.41, 5.74) is 6.61. The molecule has 0 saturated heterocycles. The van der Waals surface area contributed by atoms with Crippen molar-refractivity contribution in [1.29, 1.82) is 0 Å². The molecule has 3 N–H and O–H groups in total. The zero-order chi connectivity index (χ0) is 11.1. The molecule has 2 rings (SSSR count). The topological polar surface area (TPSA) is 55.1 Å². The molecule has 1 amide bonds. The Bertz CT molecular complexity index is 413. The largest absolute Gasteiger partial charge is 0.398 e. The van der Waals surface area contributed by atoms with E-state index in [0.29, 0.717) is 16.3 Å². The lowest BCUT2D eigenvalue weighted by molar-refractivity contribution is 0.0935. The number of nitrogens with one attached hydrogen (secondary N) is 1. The van der Waals surface area contributed by atoms with Gasteiger partial charge in [-0.1, -0.05) is 11.6 Å². The van der Waals surface area contributed by atoms with Crippen LogP contribution >= 0.6 is 11.6 Å². The summed E-state index contributed by atoms with van der Waals surface area (Å²) < 4.78 is 0. The highest BCUT2D eigenvalue weighted by atomic mass is 35.5. The number of nitrogen functional groups attached to an aromatic ring is 1. The first-order chi connectivity index (χ1) is 7.00. The summed E-state index contributed by atoms with van der Waals surface area (Å²) in [6.07, 6.45) is 2.09. The molecule has 1 saturated carbocycles. The number of hydrogen-bond acceptors (Lipinski definition) is 2. The van der Waals surface area contributed by atoms with E-state index in [1.54, 1.807) is 18.2 Å². The van der Waals surface area contributed by atoms with Gasteiger partial charge >= 0.3 is 0 Å². The maximum absolute atomic E-state index is 11.8. The standard InChI is InChI=1S/C11H13ClN2O/c1-11(4-5-11)14-10(15)7-2-3-9(13)8(12)6-7/h2-3,6H,4-5,13H2,1H3,(H,14,15). The molecule has 0 aromatic heterocycles. The number of benzene rings is 1.